The molecule has 70 heavy (non-hydrogen) atoms. The van der Waals surface area contributed by atoms with E-state index in [1.807, 2.05) is 98.1 Å². The summed E-state index contributed by atoms with van der Waals surface area (Å²) in [6.07, 6.45) is 1.61. The van der Waals surface area contributed by atoms with Crippen LogP contribution in [0.3, 0.4) is 0 Å². The molecule has 0 aliphatic carbocycles. The first-order valence-electron chi connectivity index (χ1n) is 30.6. The fourth-order valence-electron chi connectivity index (χ4n) is 8.79. The van der Waals surface area contributed by atoms with Gasteiger partial charge in [-0.25, -0.2) is 4.98 Å². The quantitative estimate of drug-likeness (QED) is 0.154. The van der Waals surface area contributed by atoms with Crippen molar-refractivity contribution in [3.05, 3.63) is 166 Å². The number of aromatic nitrogens is 3. The zero-order valence-corrected chi connectivity index (χ0v) is 44.9. The van der Waals surface area contributed by atoms with E-state index in [0.717, 1.165) is 11.1 Å². The molecule has 0 amide bonds. The fraction of sp³-hybridized carbons (Fsp3) is 0.354. The normalized spacial score (nSPS) is 16.5. The fourth-order valence-corrected chi connectivity index (χ4v) is 8.79. The number of benzene rings is 6. The maximum atomic E-state index is 12.6. The summed E-state index contributed by atoms with van der Waals surface area (Å²) in [7, 11) is 0. The van der Waals surface area contributed by atoms with E-state index in [2.05, 4.69) is 47.6 Å². The predicted molar refractivity (Wildman–Crippen MR) is 294 cm³/mol. The third-order valence-corrected chi connectivity index (χ3v) is 13.1. The summed E-state index contributed by atoms with van der Waals surface area (Å²) in [6, 6.07) is 37.4. The van der Waals surface area contributed by atoms with Crippen molar-refractivity contribution in [3.63, 3.8) is 0 Å². The van der Waals surface area contributed by atoms with Crippen LogP contribution in [0.15, 0.2) is 121 Å². The van der Waals surface area contributed by atoms with Crippen molar-refractivity contribution in [2.24, 2.45) is 0 Å². The Morgan fingerprint density at radius 3 is 1.80 bits per heavy atom. The standard InChI is InChI=1S/C65H74N3O.Pt/c1-39(2)45-30-46(40(3)4)32-47(31-45)43-23-26-57(41(5)29-43)68-58-20-18-19-53(59(58)67-61(68)54-37-52(64(12,13)14)38-55(60(54)69)65(15,16)17)48-33-49(35-51(34-48)63(9,10)11)56-36-44(27-28-66-56)42-21-24-50(25-22-42)62(6,7)8;/h18-32,34-40,69H,1-17H3;/q-1;/i5D3,6D3,7D3,8D3,39D,40D;. The van der Waals surface area contributed by atoms with E-state index in [-0.39, 0.29) is 43.4 Å². The Hall–Kier alpha value is -5.57. The van der Waals surface area contributed by atoms with Crippen LogP contribution in [0.5, 0.6) is 5.75 Å². The van der Waals surface area contributed by atoms with Crippen molar-refractivity contribution in [3.8, 4) is 67.5 Å². The number of rotatable bonds is 8. The van der Waals surface area contributed by atoms with E-state index in [1.54, 1.807) is 52.1 Å². The molecule has 2 heterocycles. The molecule has 0 bridgehead atoms. The summed E-state index contributed by atoms with van der Waals surface area (Å²) in [5.41, 5.74) is 5.66. The van der Waals surface area contributed by atoms with Gasteiger partial charge in [0.1, 0.15) is 11.6 Å². The average molecular weight is 1120 g/mol. The van der Waals surface area contributed by atoms with E-state index >= 15 is 0 Å². The minimum absolute atomic E-state index is 0. The summed E-state index contributed by atoms with van der Waals surface area (Å²) < 4.78 is 121. The monoisotopic (exact) mass is 1120 g/mol. The number of para-hydroxylation sites is 1. The number of pyridine rings is 1. The van der Waals surface area contributed by atoms with Gasteiger partial charge in [0, 0.05) is 57.7 Å². The van der Waals surface area contributed by atoms with Gasteiger partial charge >= 0.3 is 0 Å². The van der Waals surface area contributed by atoms with Gasteiger partial charge in [0.15, 0.2) is 0 Å². The number of nitrogens with zero attached hydrogens (tertiary/aromatic N) is 3. The second-order valence-electron chi connectivity index (χ2n) is 22.1. The zero-order valence-electron chi connectivity index (χ0n) is 56.7. The predicted octanol–water partition coefficient (Wildman–Crippen LogP) is 18.0. The first kappa shape index (κ1) is 36.4. The second-order valence-corrected chi connectivity index (χ2v) is 22.1. The number of aryl methyl sites for hydroxylation is 1. The molecule has 8 aromatic rings. The molecule has 0 saturated carbocycles. The van der Waals surface area contributed by atoms with Crippen molar-refractivity contribution >= 4 is 11.0 Å². The molecule has 0 saturated heterocycles. The summed E-state index contributed by atoms with van der Waals surface area (Å²) in [4.78, 5) is 10.3. The van der Waals surface area contributed by atoms with Crippen LogP contribution in [0, 0.1) is 12.9 Å². The maximum Gasteiger partial charge on any atom is 0.148 e. The van der Waals surface area contributed by atoms with Crippen LogP contribution in [0.4, 0.5) is 0 Å². The molecule has 2 aromatic heterocycles. The number of aromatic hydroxyl groups is 1. The summed E-state index contributed by atoms with van der Waals surface area (Å²) in [5, 5.41) is 12.6. The van der Waals surface area contributed by atoms with Gasteiger partial charge in [-0.05, 0) is 121 Å². The maximum absolute atomic E-state index is 12.6. The zero-order chi connectivity index (χ0) is 62.0. The topological polar surface area (TPSA) is 50.9 Å². The van der Waals surface area contributed by atoms with E-state index in [1.165, 1.54) is 24.3 Å². The van der Waals surface area contributed by atoms with E-state index in [0.29, 0.717) is 89.4 Å². The molecule has 0 aliphatic rings. The molecular formula is C65H74N3OPt-. The van der Waals surface area contributed by atoms with Gasteiger partial charge in [-0.1, -0.05) is 194 Å². The Kier molecular flexibility index (Phi) is 9.98. The number of phenols is 1. The van der Waals surface area contributed by atoms with Gasteiger partial charge in [-0.15, -0.1) is 29.3 Å². The smallest absolute Gasteiger partial charge is 0.148 e. The van der Waals surface area contributed by atoms with Crippen molar-refractivity contribution in [2.45, 2.75) is 151 Å². The molecule has 0 radical (unpaired) electrons. The van der Waals surface area contributed by atoms with Gasteiger partial charge in [0.2, 0.25) is 0 Å². The van der Waals surface area contributed by atoms with Crippen LogP contribution in [0.1, 0.15) is 180 Å². The van der Waals surface area contributed by atoms with E-state index < -0.39 is 55.4 Å². The van der Waals surface area contributed by atoms with Crippen LogP contribution < -0.4 is 0 Å². The van der Waals surface area contributed by atoms with Crippen molar-refractivity contribution in [2.75, 3.05) is 0 Å². The molecule has 4 nitrogen and oxygen atoms in total. The van der Waals surface area contributed by atoms with E-state index in [9.17, 15) is 5.11 Å². The summed E-state index contributed by atoms with van der Waals surface area (Å²) in [6.45, 7) is 12.9. The number of fused-ring (bicyclic) bond motifs is 1. The van der Waals surface area contributed by atoms with Crippen molar-refractivity contribution < 1.29 is 45.4 Å². The van der Waals surface area contributed by atoms with E-state index in [4.69, 9.17) is 29.2 Å². The van der Waals surface area contributed by atoms with Crippen molar-refractivity contribution in [1.29, 1.82) is 0 Å². The van der Waals surface area contributed by atoms with Gasteiger partial charge in [0.05, 0.1) is 22.3 Å². The third kappa shape index (κ3) is 10.6. The molecular weight excluding hydrogens is 1030 g/mol. The van der Waals surface area contributed by atoms with Crippen molar-refractivity contribution in [1.82, 2.24) is 14.5 Å². The number of imidazole rings is 1. The molecule has 5 heteroatoms. The summed E-state index contributed by atoms with van der Waals surface area (Å²) in [5.74, 6) is -1.73. The molecule has 8 rings (SSSR count). The largest absolute Gasteiger partial charge is 0.507 e. The third-order valence-electron chi connectivity index (χ3n) is 13.1. The molecule has 0 unspecified atom stereocenters. The molecule has 0 atom stereocenters. The van der Waals surface area contributed by atoms with Crippen LogP contribution in [0.25, 0.3) is 72.7 Å². The van der Waals surface area contributed by atoms with Gasteiger partial charge in [-0.2, -0.15) is 0 Å². The Labute approximate surface area is 454 Å². The second kappa shape index (κ2) is 19.2. The van der Waals surface area contributed by atoms with Crippen LogP contribution in [-0.2, 0) is 42.7 Å². The number of hydrogen-bond acceptors (Lipinski definition) is 3. The average Bonchev–Trinajstić information content (AvgIpc) is 0.939. The Morgan fingerprint density at radius 2 is 1.20 bits per heavy atom. The Bertz CT molecular complexity index is 3710. The minimum Gasteiger partial charge on any atom is -0.507 e. The van der Waals surface area contributed by atoms with Gasteiger partial charge < -0.3 is 5.11 Å². The Balaban J connectivity index is 0.0000101. The first-order valence-corrected chi connectivity index (χ1v) is 23.6. The van der Waals surface area contributed by atoms with Gasteiger partial charge in [-0.3, -0.25) is 9.55 Å². The number of hydrogen-bond donors (Lipinski definition) is 1. The molecule has 366 valence electrons. The summed E-state index contributed by atoms with van der Waals surface area (Å²) >= 11 is 0. The minimum atomic E-state index is -3.41. The number of phenolic OH excluding ortho intramolecular Hbond substituents is 1. The molecule has 0 fully saturated rings. The SMILES string of the molecule is [2H]C([2H])([2H])c1cc(-c2cc(C([2H])(C)C)cc(C([2H])(C)C)c2)ccc1-n1c(-c2cc(C(C)(C)C)cc(C(C)(C)C)c2O)nc2c(-c3[c-]c(-c4cc(-c5ccc(C(C([2H])([2H])[2H])(C([2H])([2H])[2H])C([2H])([2H])[2H])cc5)ccn4)cc(C(C)(C)C)c3)cccc21.[Pt]. The van der Waals surface area contributed by atoms with Crippen LogP contribution in [-0.4, -0.2) is 19.6 Å². The molecule has 0 aliphatic heterocycles. The Morgan fingerprint density at radius 1 is 0.586 bits per heavy atom. The molecule has 6 aromatic carbocycles. The van der Waals surface area contributed by atoms with Gasteiger partial charge in [0.25, 0.3) is 0 Å². The molecule has 0 spiro atoms. The first-order chi connectivity index (χ1) is 37.7. The van der Waals surface area contributed by atoms with Crippen LogP contribution in [0.2, 0.25) is 0 Å². The van der Waals surface area contributed by atoms with Crippen LogP contribution >= 0.6 is 0 Å². The molecule has 1 N–H and O–H groups in total.